The van der Waals surface area contributed by atoms with Crippen molar-refractivity contribution in [2.45, 2.75) is 31.7 Å². The van der Waals surface area contributed by atoms with Gasteiger partial charge in [-0.1, -0.05) is 6.42 Å². The molecule has 0 bridgehead atoms. The van der Waals surface area contributed by atoms with Crippen molar-refractivity contribution in [3.63, 3.8) is 0 Å². The molecule has 1 unspecified atom stereocenters. The monoisotopic (exact) mass is 229 g/mol. The highest BCUT2D eigenvalue weighted by Crippen LogP contribution is 2.33. The maximum Gasteiger partial charge on any atom is 0.0558 e. The summed E-state index contributed by atoms with van der Waals surface area (Å²) in [7, 11) is 0. The molecule has 1 atom stereocenters. The topological polar surface area (TPSA) is 52.9 Å². The fourth-order valence-corrected chi connectivity index (χ4v) is 2.65. The molecule has 2 fully saturated rings. The molecule has 16 heavy (non-hydrogen) atoms. The Hall–Kier alpha value is -0.160. The van der Waals surface area contributed by atoms with E-state index in [0.29, 0.717) is 12.6 Å². The molecule has 0 spiro atoms. The fraction of sp³-hybridized carbons (Fsp3) is 1.00. The van der Waals surface area contributed by atoms with Gasteiger partial charge in [0.1, 0.15) is 0 Å². The Morgan fingerprint density at radius 3 is 2.56 bits per heavy atom. The third-order valence-corrected chi connectivity index (χ3v) is 4.04. The van der Waals surface area contributed by atoms with Crippen molar-refractivity contribution in [2.24, 2.45) is 5.41 Å². The fourth-order valence-electron chi connectivity index (χ4n) is 2.65. The van der Waals surface area contributed by atoms with Crippen LogP contribution in [0.4, 0.5) is 0 Å². The molecule has 2 aliphatic rings. The van der Waals surface area contributed by atoms with Gasteiger partial charge < -0.3 is 14.9 Å². The predicted octanol–water partition coefficient (Wildman–Crippen LogP) is 0.232. The number of nitrogens with zero attached hydrogens (tertiary/aromatic N) is 1. The van der Waals surface area contributed by atoms with Gasteiger partial charge in [-0.2, -0.15) is 0 Å². The highest BCUT2D eigenvalue weighted by Gasteiger charge is 2.38. The lowest BCUT2D eigenvalue weighted by Gasteiger charge is -2.41. The van der Waals surface area contributed by atoms with Crippen LogP contribution in [0.25, 0.3) is 0 Å². The Morgan fingerprint density at radius 2 is 2.12 bits per heavy atom. The van der Waals surface area contributed by atoms with E-state index in [0.717, 1.165) is 26.1 Å². The Bertz CT molecular complexity index is 212. The molecule has 0 radical (unpaired) electrons. The van der Waals surface area contributed by atoms with Crippen molar-refractivity contribution in [1.29, 1.82) is 0 Å². The van der Waals surface area contributed by atoms with Gasteiger partial charge >= 0.3 is 0 Å². The zero-order valence-corrected chi connectivity index (χ0v) is 9.90. The molecule has 94 valence electrons. The summed E-state index contributed by atoms with van der Waals surface area (Å²) in [6.07, 6.45) is 4.72. The SMILES string of the molecule is OCCN(CC1(CO)CCOC1)C1CCC1. The maximum absolute atomic E-state index is 9.54. The summed E-state index contributed by atoms with van der Waals surface area (Å²) >= 11 is 0. The normalized spacial score (nSPS) is 30.9. The quantitative estimate of drug-likeness (QED) is 0.685. The molecule has 0 aromatic rings. The second kappa shape index (κ2) is 5.45. The third-order valence-electron chi connectivity index (χ3n) is 4.04. The van der Waals surface area contributed by atoms with Crippen LogP contribution in [0.2, 0.25) is 0 Å². The Balaban J connectivity index is 1.92. The molecule has 2 N–H and O–H groups in total. The van der Waals surface area contributed by atoms with Crippen molar-refractivity contribution in [1.82, 2.24) is 4.90 Å². The first kappa shape index (κ1) is 12.3. The molecule has 1 heterocycles. The average Bonchev–Trinajstić information content (AvgIpc) is 2.65. The summed E-state index contributed by atoms with van der Waals surface area (Å²) in [5, 5.41) is 18.6. The van der Waals surface area contributed by atoms with E-state index < -0.39 is 0 Å². The van der Waals surface area contributed by atoms with Gasteiger partial charge in [-0.3, -0.25) is 4.90 Å². The summed E-state index contributed by atoms with van der Waals surface area (Å²) in [6.45, 7) is 3.43. The van der Waals surface area contributed by atoms with Crippen molar-refractivity contribution >= 4 is 0 Å². The van der Waals surface area contributed by atoms with Gasteiger partial charge in [0.05, 0.1) is 19.8 Å². The minimum absolute atomic E-state index is 0.0786. The van der Waals surface area contributed by atoms with E-state index in [-0.39, 0.29) is 18.6 Å². The second-order valence-electron chi connectivity index (χ2n) is 5.24. The first-order valence-corrected chi connectivity index (χ1v) is 6.33. The van der Waals surface area contributed by atoms with Crippen LogP contribution in [0.15, 0.2) is 0 Å². The van der Waals surface area contributed by atoms with Crippen LogP contribution < -0.4 is 0 Å². The van der Waals surface area contributed by atoms with Crippen LogP contribution in [-0.4, -0.2) is 60.7 Å². The zero-order valence-electron chi connectivity index (χ0n) is 9.90. The van der Waals surface area contributed by atoms with Gasteiger partial charge in [0.15, 0.2) is 0 Å². The maximum atomic E-state index is 9.54. The number of aliphatic hydroxyl groups is 2. The van der Waals surface area contributed by atoms with Gasteiger partial charge in [-0.15, -0.1) is 0 Å². The van der Waals surface area contributed by atoms with Gasteiger partial charge in [-0.25, -0.2) is 0 Å². The van der Waals surface area contributed by atoms with Crippen LogP contribution in [0.1, 0.15) is 25.7 Å². The van der Waals surface area contributed by atoms with Crippen molar-refractivity contribution in [2.75, 3.05) is 39.5 Å². The van der Waals surface area contributed by atoms with Crippen LogP contribution in [0, 0.1) is 5.41 Å². The lowest BCUT2D eigenvalue weighted by molar-refractivity contribution is 0.0163. The molecule has 1 saturated carbocycles. The van der Waals surface area contributed by atoms with E-state index >= 15 is 0 Å². The standard InChI is InChI=1S/C12H23NO3/c14-6-5-13(11-2-1-3-11)8-12(9-15)4-7-16-10-12/h11,14-15H,1-10H2. The third kappa shape index (κ3) is 2.56. The molecule has 4 nitrogen and oxygen atoms in total. The molecule has 1 aliphatic heterocycles. The minimum Gasteiger partial charge on any atom is -0.396 e. The average molecular weight is 229 g/mol. The lowest BCUT2D eigenvalue weighted by Crippen LogP contribution is -2.49. The summed E-state index contributed by atoms with van der Waals surface area (Å²) in [5.74, 6) is 0. The highest BCUT2D eigenvalue weighted by atomic mass is 16.5. The number of hydrogen-bond acceptors (Lipinski definition) is 4. The van der Waals surface area contributed by atoms with Crippen LogP contribution in [0.5, 0.6) is 0 Å². The van der Waals surface area contributed by atoms with E-state index in [1.54, 1.807) is 0 Å². The number of rotatable bonds is 6. The van der Waals surface area contributed by atoms with Crippen molar-refractivity contribution in [3.8, 4) is 0 Å². The molecule has 2 rings (SSSR count). The molecule has 1 aliphatic carbocycles. The van der Waals surface area contributed by atoms with Crippen molar-refractivity contribution < 1.29 is 14.9 Å². The molecule has 0 aromatic carbocycles. The number of hydrogen-bond donors (Lipinski definition) is 2. The number of aliphatic hydroxyl groups excluding tert-OH is 2. The molecular weight excluding hydrogens is 206 g/mol. The first-order valence-electron chi connectivity index (χ1n) is 6.33. The minimum atomic E-state index is -0.0786. The van der Waals surface area contributed by atoms with Crippen LogP contribution in [0.3, 0.4) is 0 Å². The Morgan fingerprint density at radius 1 is 1.31 bits per heavy atom. The summed E-state index contributed by atoms with van der Waals surface area (Å²) in [5.41, 5.74) is -0.0786. The van der Waals surface area contributed by atoms with Crippen LogP contribution >= 0.6 is 0 Å². The zero-order chi connectivity index (χ0) is 11.4. The number of ether oxygens (including phenoxy) is 1. The van der Waals surface area contributed by atoms with Gasteiger partial charge in [0.2, 0.25) is 0 Å². The Labute approximate surface area is 97.2 Å². The van der Waals surface area contributed by atoms with E-state index in [1.165, 1.54) is 19.3 Å². The molecular formula is C12H23NO3. The molecule has 0 aromatic heterocycles. The van der Waals surface area contributed by atoms with Gasteiger partial charge in [0.25, 0.3) is 0 Å². The molecule has 0 amide bonds. The van der Waals surface area contributed by atoms with E-state index in [9.17, 15) is 5.11 Å². The largest absolute Gasteiger partial charge is 0.396 e. The summed E-state index contributed by atoms with van der Waals surface area (Å²) in [4.78, 5) is 2.34. The second-order valence-corrected chi connectivity index (χ2v) is 5.24. The van der Waals surface area contributed by atoms with E-state index in [2.05, 4.69) is 4.90 Å². The van der Waals surface area contributed by atoms with Crippen LogP contribution in [-0.2, 0) is 4.74 Å². The first-order chi connectivity index (χ1) is 7.79. The summed E-state index contributed by atoms with van der Waals surface area (Å²) < 4.78 is 5.41. The lowest BCUT2D eigenvalue weighted by atomic mass is 9.84. The smallest absolute Gasteiger partial charge is 0.0558 e. The summed E-state index contributed by atoms with van der Waals surface area (Å²) in [6, 6.07) is 0.621. The molecule has 1 saturated heterocycles. The Kier molecular flexibility index (Phi) is 4.19. The van der Waals surface area contributed by atoms with E-state index in [1.807, 2.05) is 0 Å². The predicted molar refractivity (Wildman–Crippen MR) is 61.3 cm³/mol. The van der Waals surface area contributed by atoms with Gasteiger partial charge in [-0.05, 0) is 19.3 Å². The van der Waals surface area contributed by atoms with Gasteiger partial charge in [0, 0.05) is 31.2 Å². The van der Waals surface area contributed by atoms with Crippen molar-refractivity contribution in [3.05, 3.63) is 0 Å². The molecule has 4 heteroatoms. The highest BCUT2D eigenvalue weighted by molar-refractivity contribution is 4.90. The van der Waals surface area contributed by atoms with E-state index in [4.69, 9.17) is 9.84 Å².